The van der Waals surface area contributed by atoms with Crippen LogP contribution in [-0.4, -0.2) is 13.0 Å². The standard InChI is InChI=1S/C15H15BrN2O2/c1-9-11(4-3-5-12(9)16)15(19)18-10-6-7-13(17)14(8-10)20-2/h3-8H,17H2,1-2H3,(H,18,19). The summed E-state index contributed by atoms with van der Waals surface area (Å²) >= 11 is 3.42. The maximum atomic E-state index is 12.3. The zero-order valence-electron chi connectivity index (χ0n) is 11.2. The van der Waals surface area contributed by atoms with Crippen molar-refractivity contribution < 1.29 is 9.53 Å². The Balaban J connectivity index is 2.26. The molecule has 0 radical (unpaired) electrons. The third-order valence-electron chi connectivity index (χ3n) is 3.00. The number of ether oxygens (including phenoxy) is 1. The van der Waals surface area contributed by atoms with Crippen LogP contribution in [0.4, 0.5) is 11.4 Å². The maximum Gasteiger partial charge on any atom is 0.255 e. The van der Waals surface area contributed by atoms with E-state index in [1.54, 1.807) is 24.3 Å². The second-order valence-electron chi connectivity index (χ2n) is 4.32. The van der Waals surface area contributed by atoms with Gasteiger partial charge >= 0.3 is 0 Å². The van der Waals surface area contributed by atoms with Gasteiger partial charge in [0.1, 0.15) is 5.75 Å². The molecule has 4 nitrogen and oxygen atoms in total. The number of amides is 1. The normalized spacial score (nSPS) is 10.2. The summed E-state index contributed by atoms with van der Waals surface area (Å²) in [5.74, 6) is 0.365. The van der Waals surface area contributed by atoms with Crippen molar-refractivity contribution in [2.75, 3.05) is 18.2 Å². The third kappa shape index (κ3) is 2.93. The smallest absolute Gasteiger partial charge is 0.255 e. The van der Waals surface area contributed by atoms with Crippen LogP contribution in [0.2, 0.25) is 0 Å². The highest BCUT2D eigenvalue weighted by Gasteiger charge is 2.11. The van der Waals surface area contributed by atoms with Crippen molar-refractivity contribution in [1.82, 2.24) is 0 Å². The van der Waals surface area contributed by atoms with Gasteiger partial charge in [-0.25, -0.2) is 0 Å². The van der Waals surface area contributed by atoms with Crippen molar-refractivity contribution in [3.63, 3.8) is 0 Å². The van der Waals surface area contributed by atoms with E-state index in [1.165, 1.54) is 7.11 Å². The zero-order valence-corrected chi connectivity index (χ0v) is 12.8. The van der Waals surface area contributed by atoms with Crippen LogP contribution in [0, 0.1) is 6.92 Å². The lowest BCUT2D eigenvalue weighted by Crippen LogP contribution is -2.13. The average molecular weight is 335 g/mol. The van der Waals surface area contributed by atoms with E-state index in [2.05, 4.69) is 21.2 Å². The summed E-state index contributed by atoms with van der Waals surface area (Å²) in [7, 11) is 1.54. The maximum absolute atomic E-state index is 12.3. The van der Waals surface area contributed by atoms with Gasteiger partial charge in [0.25, 0.3) is 5.91 Å². The molecule has 1 amide bonds. The van der Waals surface area contributed by atoms with Gasteiger partial charge in [0.05, 0.1) is 12.8 Å². The number of halogens is 1. The minimum atomic E-state index is -0.171. The Bertz CT molecular complexity index is 656. The number of rotatable bonds is 3. The van der Waals surface area contributed by atoms with Crippen molar-refractivity contribution in [2.24, 2.45) is 0 Å². The zero-order chi connectivity index (χ0) is 14.7. The number of carbonyl (C=O) groups is 1. The van der Waals surface area contributed by atoms with Crippen molar-refractivity contribution >= 4 is 33.2 Å². The molecule has 0 saturated carbocycles. The molecule has 0 bridgehead atoms. The summed E-state index contributed by atoms with van der Waals surface area (Å²) in [5.41, 5.74) is 8.43. The fourth-order valence-electron chi connectivity index (χ4n) is 1.84. The molecule has 0 aliphatic heterocycles. The molecule has 2 rings (SSSR count). The number of methoxy groups -OCH3 is 1. The van der Waals surface area contributed by atoms with E-state index in [0.717, 1.165) is 10.0 Å². The van der Waals surface area contributed by atoms with Crippen LogP contribution in [-0.2, 0) is 0 Å². The molecule has 0 aromatic heterocycles. The molecule has 3 N–H and O–H groups in total. The lowest BCUT2D eigenvalue weighted by atomic mass is 10.1. The molecule has 0 aliphatic carbocycles. The number of nitrogens with two attached hydrogens (primary N) is 1. The number of nitrogens with one attached hydrogen (secondary N) is 1. The van der Waals surface area contributed by atoms with Gasteiger partial charge in [0.2, 0.25) is 0 Å². The SMILES string of the molecule is COc1cc(NC(=O)c2cccc(Br)c2C)ccc1N. The number of nitrogen functional groups attached to an aromatic ring is 1. The van der Waals surface area contributed by atoms with E-state index in [9.17, 15) is 4.79 Å². The minimum absolute atomic E-state index is 0.171. The lowest BCUT2D eigenvalue weighted by Gasteiger charge is -2.11. The van der Waals surface area contributed by atoms with Crippen molar-refractivity contribution in [2.45, 2.75) is 6.92 Å². The summed E-state index contributed by atoms with van der Waals surface area (Å²) in [6, 6.07) is 10.6. The van der Waals surface area contributed by atoms with Gasteiger partial charge in [-0.2, -0.15) is 0 Å². The van der Waals surface area contributed by atoms with Crippen LogP contribution < -0.4 is 15.8 Å². The fraction of sp³-hybridized carbons (Fsp3) is 0.133. The third-order valence-corrected chi connectivity index (χ3v) is 3.86. The summed E-state index contributed by atoms with van der Waals surface area (Å²) < 4.78 is 6.03. The van der Waals surface area contributed by atoms with E-state index in [0.29, 0.717) is 22.7 Å². The Kier molecular flexibility index (Phi) is 4.29. The molecule has 104 valence electrons. The van der Waals surface area contributed by atoms with Gasteiger partial charge in [-0.3, -0.25) is 4.79 Å². The van der Waals surface area contributed by atoms with Crippen LogP contribution in [0.3, 0.4) is 0 Å². The minimum Gasteiger partial charge on any atom is -0.495 e. The first-order chi connectivity index (χ1) is 9.52. The predicted octanol–water partition coefficient (Wildman–Crippen LogP) is 3.60. The Morgan fingerprint density at radius 3 is 2.75 bits per heavy atom. The van der Waals surface area contributed by atoms with Gasteiger partial charge in [-0.1, -0.05) is 22.0 Å². The summed E-state index contributed by atoms with van der Waals surface area (Å²) in [6.07, 6.45) is 0. The first-order valence-corrected chi connectivity index (χ1v) is 6.82. The number of benzene rings is 2. The molecule has 0 spiro atoms. The quantitative estimate of drug-likeness (QED) is 0.843. The van der Waals surface area contributed by atoms with Gasteiger partial charge in [-0.05, 0) is 36.8 Å². The number of anilines is 2. The van der Waals surface area contributed by atoms with Gasteiger partial charge in [0.15, 0.2) is 0 Å². The highest BCUT2D eigenvalue weighted by Crippen LogP contribution is 2.26. The summed E-state index contributed by atoms with van der Waals surface area (Å²) in [5, 5.41) is 2.83. The largest absolute Gasteiger partial charge is 0.495 e. The Labute approximate surface area is 126 Å². The van der Waals surface area contributed by atoms with Crippen molar-refractivity contribution in [3.8, 4) is 5.75 Å². The Hall–Kier alpha value is -2.01. The van der Waals surface area contributed by atoms with E-state index in [1.807, 2.05) is 19.1 Å². The molecule has 5 heteroatoms. The van der Waals surface area contributed by atoms with E-state index in [4.69, 9.17) is 10.5 Å². The summed E-state index contributed by atoms with van der Waals surface area (Å²) in [6.45, 7) is 1.89. The van der Waals surface area contributed by atoms with Gasteiger partial charge in [0, 0.05) is 21.8 Å². The van der Waals surface area contributed by atoms with Gasteiger partial charge in [-0.15, -0.1) is 0 Å². The van der Waals surface area contributed by atoms with Crippen LogP contribution in [0.5, 0.6) is 5.75 Å². The lowest BCUT2D eigenvalue weighted by molar-refractivity contribution is 0.102. The van der Waals surface area contributed by atoms with Crippen molar-refractivity contribution in [1.29, 1.82) is 0 Å². The molecule has 0 heterocycles. The molecule has 0 unspecified atom stereocenters. The predicted molar refractivity (Wildman–Crippen MR) is 84.2 cm³/mol. The first-order valence-electron chi connectivity index (χ1n) is 6.03. The topological polar surface area (TPSA) is 64.3 Å². The van der Waals surface area contributed by atoms with E-state index in [-0.39, 0.29) is 5.91 Å². The first kappa shape index (κ1) is 14.4. The highest BCUT2D eigenvalue weighted by molar-refractivity contribution is 9.10. The Morgan fingerprint density at radius 1 is 1.30 bits per heavy atom. The van der Waals surface area contributed by atoms with Crippen LogP contribution in [0.25, 0.3) is 0 Å². The van der Waals surface area contributed by atoms with Crippen LogP contribution in [0.1, 0.15) is 15.9 Å². The number of hydrogen-bond acceptors (Lipinski definition) is 3. The molecule has 2 aromatic rings. The van der Waals surface area contributed by atoms with E-state index < -0.39 is 0 Å². The molecule has 0 atom stereocenters. The molecule has 0 aliphatic rings. The molecule has 20 heavy (non-hydrogen) atoms. The monoisotopic (exact) mass is 334 g/mol. The molecule has 0 saturated heterocycles. The number of hydrogen-bond donors (Lipinski definition) is 2. The van der Waals surface area contributed by atoms with Gasteiger partial charge < -0.3 is 15.8 Å². The second kappa shape index (κ2) is 5.96. The molecule has 2 aromatic carbocycles. The molecule has 0 fully saturated rings. The average Bonchev–Trinajstić information content (AvgIpc) is 2.43. The van der Waals surface area contributed by atoms with Crippen LogP contribution >= 0.6 is 15.9 Å². The second-order valence-corrected chi connectivity index (χ2v) is 5.18. The van der Waals surface area contributed by atoms with Crippen LogP contribution in [0.15, 0.2) is 40.9 Å². The number of carbonyl (C=O) groups excluding carboxylic acids is 1. The molecular formula is C15H15BrN2O2. The Morgan fingerprint density at radius 2 is 2.05 bits per heavy atom. The highest BCUT2D eigenvalue weighted by atomic mass is 79.9. The fourth-order valence-corrected chi connectivity index (χ4v) is 2.21. The summed E-state index contributed by atoms with van der Waals surface area (Å²) in [4.78, 5) is 12.3. The van der Waals surface area contributed by atoms with Crippen molar-refractivity contribution in [3.05, 3.63) is 52.0 Å². The van der Waals surface area contributed by atoms with E-state index >= 15 is 0 Å². The molecular weight excluding hydrogens is 320 g/mol.